The van der Waals surface area contributed by atoms with E-state index in [2.05, 4.69) is 0 Å². The Morgan fingerprint density at radius 1 is 1.08 bits per heavy atom. The minimum Gasteiger partial charge on any atom is -0.318 e. The molecule has 0 amide bonds. The second kappa shape index (κ2) is 6.63. The van der Waals surface area contributed by atoms with Gasteiger partial charge in [0.1, 0.15) is 5.82 Å². The average Bonchev–Trinajstić information content (AvgIpc) is 2.88. The molecule has 0 aliphatic rings. The molecule has 4 heteroatoms. The van der Waals surface area contributed by atoms with E-state index in [1.807, 2.05) is 61.2 Å². The molecule has 3 aromatic rings. The normalized spacial score (nSPS) is 10.9. The van der Waals surface area contributed by atoms with Crippen LogP contribution in [0.15, 0.2) is 48.7 Å². The van der Waals surface area contributed by atoms with Gasteiger partial charge in [-0.3, -0.25) is 4.79 Å². The summed E-state index contributed by atoms with van der Waals surface area (Å²) >= 11 is 0. The standard InChI is InChI=1S/C21H22FN2O/c1-14-6-5-11-23(16(14)3)13-21(25)20-12-15(2)24(17(20)4)19-9-7-18(22)8-10-19/h5-12H,13H2,1-4H3/q+1. The maximum atomic E-state index is 13.2. The molecule has 128 valence electrons. The Labute approximate surface area is 147 Å². The fourth-order valence-electron chi connectivity index (χ4n) is 3.19. The zero-order valence-electron chi connectivity index (χ0n) is 15.0. The van der Waals surface area contributed by atoms with Crippen molar-refractivity contribution in [3.05, 3.63) is 82.7 Å². The summed E-state index contributed by atoms with van der Waals surface area (Å²) in [6.45, 7) is 8.25. The van der Waals surface area contributed by atoms with Gasteiger partial charge in [0.25, 0.3) is 0 Å². The molecule has 25 heavy (non-hydrogen) atoms. The van der Waals surface area contributed by atoms with Crippen LogP contribution in [-0.2, 0) is 6.54 Å². The molecule has 3 nitrogen and oxygen atoms in total. The van der Waals surface area contributed by atoms with Crippen molar-refractivity contribution in [1.82, 2.24) is 4.57 Å². The molecule has 0 spiro atoms. The first-order valence-corrected chi connectivity index (χ1v) is 8.32. The number of Topliss-reactive ketones (excluding diaryl/α,β-unsaturated/α-hetero) is 1. The molecule has 0 atom stereocenters. The van der Waals surface area contributed by atoms with Gasteiger partial charge in [0.2, 0.25) is 12.3 Å². The first-order chi connectivity index (χ1) is 11.9. The minimum atomic E-state index is -0.270. The summed E-state index contributed by atoms with van der Waals surface area (Å²) in [4.78, 5) is 12.9. The topological polar surface area (TPSA) is 25.9 Å². The molecule has 0 N–H and O–H groups in total. The number of hydrogen-bond acceptors (Lipinski definition) is 1. The second-order valence-corrected chi connectivity index (χ2v) is 6.42. The van der Waals surface area contributed by atoms with Gasteiger partial charge in [-0.1, -0.05) is 0 Å². The Kier molecular flexibility index (Phi) is 4.53. The van der Waals surface area contributed by atoms with Gasteiger partial charge in [0.05, 0.1) is 0 Å². The zero-order valence-corrected chi connectivity index (χ0v) is 15.0. The van der Waals surface area contributed by atoms with E-state index in [4.69, 9.17) is 0 Å². The smallest absolute Gasteiger partial charge is 0.229 e. The van der Waals surface area contributed by atoms with Crippen LogP contribution in [0.25, 0.3) is 5.69 Å². The third-order valence-electron chi connectivity index (χ3n) is 4.74. The largest absolute Gasteiger partial charge is 0.318 e. The Bertz CT molecular complexity index is 939. The number of nitrogens with zero attached hydrogens (tertiary/aromatic N) is 2. The van der Waals surface area contributed by atoms with Crippen LogP contribution < -0.4 is 4.57 Å². The van der Waals surface area contributed by atoms with Crippen molar-refractivity contribution in [2.24, 2.45) is 0 Å². The van der Waals surface area contributed by atoms with E-state index in [0.717, 1.165) is 28.3 Å². The van der Waals surface area contributed by atoms with Crippen LogP contribution in [0.1, 0.15) is 33.0 Å². The molecule has 0 aliphatic carbocycles. The Hall–Kier alpha value is -2.75. The van der Waals surface area contributed by atoms with Crippen LogP contribution in [0, 0.1) is 33.5 Å². The Balaban J connectivity index is 1.95. The van der Waals surface area contributed by atoms with E-state index >= 15 is 0 Å². The van der Waals surface area contributed by atoms with Gasteiger partial charge in [-0.05, 0) is 57.2 Å². The molecule has 3 rings (SSSR count). The number of rotatable bonds is 4. The average molecular weight is 337 g/mol. The predicted octanol–water partition coefficient (Wildman–Crippen LogP) is 4.02. The van der Waals surface area contributed by atoms with Gasteiger partial charge in [-0.15, -0.1) is 0 Å². The lowest BCUT2D eigenvalue weighted by Crippen LogP contribution is -2.41. The quantitative estimate of drug-likeness (QED) is 0.521. The summed E-state index contributed by atoms with van der Waals surface area (Å²) in [5.41, 5.74) is 5.64. The molecule has 0 fully saturated rings. The zero-order chi connectivity index (χ0) is 18.1. The maximum absolute atomic E-state index is 13.2. The van der Waals surface area contributed by atoms with Gasteiger partial charge in [-0.25, -0.2) is 4.39 Å². The SMILES string of the molecule is Cc1ccc[n+](CC(=O)c2cc(C)n(-c3ccc(F)cc3)c2C)c1C. The lowest BCUT2D eigenvalue weighted by molar-refractivity contribution is -0.689. The van der Waals surface area contributed by atoms with Gasteiger partial charge >= 0.3 is 0 Å². The lowest BCUT2D eigenvalue weighted by Gasteiger charge is -2.09. The molecule has 0 aliphatic heterocycles. The molecule has 1 aromatic carbocycles. The number of carbonyl (C=O) groups is 1. The molecule has 2 heterocycles. The molecule has 0 saturated carbocycles. The summed E-state index contributed by atoms with van der Waals surface area (Å²) < 4.78 is 17.1. The molecule has 0 bridgehead atoms. The highest BCUT2D eigenvalue weighted by molar-refractivity contribution is 5.96. The van der Waals surface area contributed by atoms with Gasteiger partial charge < -0.3 is 4.57 Å². The van der Waals surface area contributed by atoms with E-state index in [0.29, 0.717) is 12.1 Å². The van der Waals surface area contributed by atoms with Gasteiger partial charge in [0.15, 0.2) is 11.9 Å². The molecule has 0 radical (unpaired) electrons. The van der Waals surface area contributed by atoms with E-state index in [1.54, 1.807) is 12.1 Å². The Morgan fingerprint density at radius 2 is 1.76 bits per heavy atom. The summed E-state index contributed by atoms with van der Waals surface area (Å²) in [5.74, 6) is -0.200. The van der Waals surface area contributed by atoms with Crippen LogP contribution >= 0.6 is 0 Å². The number of benzene rings is 1. The van der Waals surface area contributed by atoms with Crippen molar-refractivity contribution in [2.75, 3.05) is 0 Å². The van der Waals surface area contributed by atoms with Crippen molar-refractivity contribution in [3.63, 3.8) is 0 Å². The summed E-state index contributed by atoms with van der Waals surface area (Å²) in [6, 6.07) is 12.2. The van der Waals surface area contributed by atoms with Crippen LogP contribution in [0.2, 0.25) is 0 Å². The van der Waals surface area contributed by atoms with Gasteiger partial charge in [-0.2, -0.15) is 4.57 Å². The van der Waals surface area contributed by atoms with Crippen molar-refractivity contribution >= 4 is 5.78 Å². The molecule has 2 aromatic heterocycles. The number of aryl methyl sites for hydroxylation is 2. The summed E-state index contributed by atoms with van der Waals surface area (Å²) in [5, 5.41) is 0. The van der Waals surface area contributed by atoms with Crippen molar-refractivity contribution in [3.8, 4) is 5.69 Å². The first kappa shape index (κ1) is 17.1. The van der Waals surface area contributed by atoms with Crippen LogP contribution in [0.3, 0.4) is 0 Å². The fraction of sp³-hybridized carbons (Fsp3) is 0.238. The number of pyridine rings is 1. The third kappa shape index (κ3) is 3.25. The number of carbonyl (C=O) groups excluding carboxylic acids is 1. The summed E-state index contributed by atoms with van der Waals surface area (Å²) in [7, 11) is 0. The first-order valence-electron chi connectivity index (χ1n) is 8.32. The molecular weight excluding hydrogens is 315 g/mol. The Morgan fingerprint density at radius 3 is 2.44 bits per heavy atom. The number of aromatic nitrogens is 2. The number of halogens is 1. The third-order valence-corrected chi connectivity index (χ3v) is 4.74. The van der Waals surface area contributed by atoms with E-state index in [-0.39, 0.29) is 11.6 Å². The monoisotopic (exact) mass is 337 g/mol. The summed E-state index contributed by atoms with van der Waals surface area (Å²) in [6.07, 6.45) is 1.93. The van der Waals surface area contributed by atoms with Crippen LogP contribution in [0.5, 0.6) is 0 Å². The predicted molar refractivity (Wildman–Crippen MR) is 95.6 cm³/mol. The highest BCUT2D eigenvalue weighted by Gasteiger charge is 2.21. The number of hydrogen-bond donors (Lipinski definition) is 0. The van der Waals surface area contributed by atoms with E-state index in [1.165, 1.54) is 12.1 Å². The van der Waals surface area contributed by atoms with Crippen LogP contribution in [-0.4, -0.2) is 10.4 Å². The van der Waals surface area contributed by atoms with Gasteiger partial charge in [0, 0.05) is 41.2 Å². The maximum Gasteiger partial charge on any atom is 0.229 e. The van der Waals surface area contributed by atoms with E-state index in [9.17, 15) is 9.18 Å². The minimum absolute atomic E-state index is 0.0696. The van der Waals surface area contributed by atoms with Crippen LogP contribution in [0.4, 0.5) is 4.39 Å². The molecule has 0 saturated heterocycles. The molecular formula is C21H22FN2O+. The highest BCUT2D eigenvalue weighted by Crippen LogP contribution is 2.21. The van der Waals surface area contributed by atoms with E-state index < -0.39 is 0 Å². The highest BCUT2D eigenvalue weighted by atomic mass is 19.1. The number of ketones is 1. The second-order valence-electron chi connectivity index (χ2n) is 6.42. The molecule has 0 unspecified atom stereocenters. The van der Waals surface area contributed by atoms with Crippen molar-refractivity contribution < 1.29 is 13.8 Å². The van der Waals surface area contributed by atoms with Crippen molar-refractivity contribution in [1.29, 1.82) is 0 Å². The lowest BCUT2D eigenvalue weighted by atomic mass is 10.1. The van der Waals surface area contributed by atoms with Crippen molar-refractivity contribution in [2.45, 2.75) is 34.2 Å². The fourth-order valence-corrected chi connectivity index (χ4v) is 3.19.